The van der Waals surface area contributed by atoms with Crippen molar-refractivity contribution < 1.29 is 18.0 Å². The van der Waals surface area contributed by atoms with E-state index in [0.717, 1.165) is 18.5 Å². The van der Waals surface area contributed by atoms with Crippen molar-refractivity contribution in [2.45, 2.75) is 24.3 Å². The van der Waals surface area contributed by atoms with Crippen LogP contribution >= 0.6 is 0 Å². The smallest absolute Gasteiger partial charge is 0.261 e. The van der Waals surface area contributed by atoms with E-state index < -0.39 is 10.0 Å². The summed E-state index contributed by atoms with van der Waals surface area (Å²) in [6.45, 7) is 1.26. The second-order valence-corrected chi connectivity index (χ2v) is 9.26. The van der Waals surface area contributed by atoms with Gasteiger partial charge in [-0.2, -0.15) is 0 Å². The molecule has 0 bridgehead atoms. The molecular formula is C24H23N3O4S. The molecular weight excluding hydrogens is 426 g/mol. The van der Waals surface area contributed by atoms with Crippen molar-refractivity contribution in [1.29, 1.82) is 0 Å². The lowest BCUT2D eigenvalue weighted by molar-refractivity contribution is -0.128. The Kier molecular flexibility index (Phi) is 6.23. The number of nitrogens with zero attached hydrogens (tertiary/aromatic N) is 1. The van der Waals surface area contributed by atoms with E-state index in [-0.39, 0.29) is 16.7 Å². The SMILES string of the molecule is O=C(Nc1cccc(CN2CCCC2=O)c1)c1cccc(NS(=O)(=O)c2ccccc2)c1. The first kappa shape index (κ1) is 21.6. The van der Waals surface area contributed by atoms with Gasteiger partial charge in [-0.25, -0.2) is 8.42 Å². The normalized spacial score (nSPS) is 13.8. The molecule has 2 N–H and O–H groups in total. The number of hydrogen-bond donors (Lipinski definition) is 2. The minimum absolute atomic E-state index is 0.142. The van der Waals surface area contributed by atoms with Crippen LogP contribution in [0.3, 0.4) is 0 Å². The van der Waals surface area contributed by atoms with E-state index >= 15 is 0 Å². The molecule has 3 aromatic carbocycles. The van der Waals surface area contributed by atoms with Crippen LogP contribution in [0.4, 0.5) is 11.4 Å². The van der Waals surface area contributed by atoms with E-state index in [1.54, 1.807) is 42.5 Å². The van der Waals surface area contributed by atoms with Crippen molar-refractivity contribution in [3.63, 3.8) is 0 Å². The lowest BCUT2D eigenvalue weighted by Crippen LogP contribution is -2.23. The predicted octanol–water partition coefficient (Wildman–Crippen LogP) is 3.86. The van der Waals surface area contributed by atoms with Crippen LogP contribution in [-0.4, -0.2) is 31.7 Å². The molecule has 1 aliphatic rings. The maximum Gasteiger partial charge on any atom is 0.261 e. The molecule has 1 saturated heterocycles. The van der Waals surface area contributed by atoms with Crippen LogP contribution in [-0.2, 0) is 21.4 Å². The first-order chi connectivity index (χ1) is 15.4. The van der Waals surface area contributed by atoms with Crippen molar-refractivity contribution in [3.8, 4) is 0 Å². The molecule has 3 aromatic rings. The third-order valence-corrected chi connectivity index (χ3v) is 6.56. The molecule has 0 spiro atoms. The van der Waals surface area contributed by atoms with E-state index in [0.29, 0.717) is 29.9 Å². The maximum absolute atomic E-state index is 12.8. The van der Waals surface area contributed by atoms with Crippen LogP contribution in [0, 0.1) is 0 Å². The van der Waals surface area contributed by atoms with Gasteiger partial charge in [0.2, 0.25) is 5.91 Å². The number of rotatable bonds is 7. The van der Waals surface area contributed by atoms with Gasteiger partial charge < -0.3 is 10.2 Å². The number of sulfonamides is 1. The van der Waals surface area contributed by atoms with E-state index in [4.69, 9.17) is 0 Å². The van der Waals surface area contributed by atoms with Crippen LogP contribution in [0.5, 0.6) is 0 Å². The molecule has 0 unspecified atom stereocenters. The van der Waals surface area contributed by atoms with E-state index in [1.165, 1.54) is 18.2 Å². The summed E-state index contributed by atoms with van der Waals surface area (Å²) >= 11 is 0. The highest BCUT2D eigenvalue weighted by atomic mass is 32.2. The van der Waals surface area contributed by atoms with Gasteiger partial charge in [-0.1, -0.05) is 36.4 Å². The fourth-order valence-electron chi connectivity index (χ4n) is 3.58. The standard InChI is InChI=1S/C24H23N3O4S/c28-23-13-6-14-27(23)17-18-7-4-9-20(15-18)25-24(29)19-8-5-10-21(16-19)26-32(30,31)22-11-2-1-3-12-22/h1-5,7-12,15-16,26H,6,13-14,17H2,(H,25,29). The molecule has 8 heteroatoms. The average Bonchev–Trinajstić information content (AvgIpc) is 3.19. The molecule has 1 heterocycles. The van der Waals surface area contributed by atoms with Gasteiger partial charge in [0.15, 0.2) is 0 Å². The summed E-state index contributed by atoms with van der Waals surface area (Å²) in [5, 5.41) is 2.84. The molecule has 0 atom stereocenters. The van der Waals surface area contributed by atoms with Crippen LogP contribution < -0.4 is 10.0 Å². The number of likely N-dealkylation sites (tertiary alicyclic amines) is 1. The van der Waals surface area contributed by atoms with Crippen LogP contribution in [0.1, 0.15) is 28.8 Å². The number of anilines is 2. The zero-order valence-electron chi connectivity index (χ0n) is 17.3. The Morgan fingerprint density at radius 3 is 2.41 bits per heavy atom. The molecule has 164 valence electrons. The Morgan fingerprint density at radius 2 is 1.66 bits per heavy atom. The molecule has 1 aliphatic heterocycles. The molecule has 4 rings (SSSR count). The Bertz CT molecular complexity index is 1240. The summed E-state index contributed by atoms with van der Waals surface area (Å²) in [5.41, 5.74) is 2.15. The Hall–Kier alpha value is -3.65. The van der Waals surface area contributed by atoms with Gasteiger partial charge >= 0.3 is 0 Å². The average molecular weight is 450 g/mol. The quantitative estimate of drug-likeness (QED) is 0.573. The van der Waals surface area contributed by atoms with Crippen LogP contribution in [0.2, 0.25) is 0 Å². The molecule has 0 aliphatic carbocycles. The number of carbonyl (C=O) groups excluding carboxylic acids is 2. The summed E-state index contributed by atoms with van der Waals surface area (Å²) in [6.07, 6.45) is 1.46. The minimum atomic E-state index is -3.75. The van der Waals surface area contributed by atoms with Gasteiger partial charge in [-0.3, -0.25) is 14.3 Å². The largest absolute Gasteiger partial charge is 0.338 e. The topological polar surface area (TPSA) is 95.6 Å². The molecule has 0 saturated carbocycles. The second-order valence-electron chi connectivity index (χ2n) is 7.57. The Labute approximate surface area is 187 Å². The van der Waals surface area contributed by atoms with Gasteiger partial charge in [0.1, 0.15) is 0 Å². The Morgan fingerprint density at radius 1 is 0.906 bits per heavy atom. The van der Waals surface area contributed by atoms with Gasteiger partial charge in [-0.05, 0) is 54.4 Å². The van der Waals surface area contributed by atoms with E-state index in [2.05, 4.69) is 10.0 Å². The summed E-state index contributed by atoms with van der Waals surface area (Å²) < 4.78 is 27.6. The van der Waals surface area contributed by atoms with Crippen LogP contribution in [0.25, 0.3) is 0 Å². The highest BCUT2D eigenvalue weighted by Gasteiger charge is 2.20. The van der Waals surface area contributed by atoms with Crippen molar-refractivity contribution in [2.24, 2.45) is 0 Å². The second kappa shape index (κ2) is 9.23. The number of hydrogen-bond acceptors (Lipinski definition) is 4. The van der Waals surface area contributed by atoms with Gasteiger partial charge in [0, 0.05) is 36.4 Å². The molecule has 32 heavy (non-hydrogen) atoms. The molecule has 2 amide bonds. The lowest BCUT2D eigenvalue weighted by atomic mass is 10.1. The summed E-state index contributed by atoms with van der Waals surface area (Å²) in [5.74, 6) is -0.214. The number of nitrogens with one attached hydrogen (secondary N) is 2. The van der Waals surface area contributed by atoms with Crippen molar-refractivity contribution in [2.75, 3.05) is 16.6 Å². The summed E-state index contributed by atoms with van der Waals surface area (Å²) in [7, 11) is -3.75. The third-order valence-electron chi connectivity index (χ3n) is 5.16. The Balaban J connectivity index is 1.45. The fourth-order valence-corrected chi connectivity index (χ4v) is 4.65. The summed E-state index contributed by atoms with van der Waals surface area (Å²) in [6, 6.07) is 21.7. The van der Waals surface area contributed by atoms with Crippen molar-refractivity contribution in [1.82, 2.24) is 4.90 Å². The zero-order valence-corrected chi connectivity index (χ0v) is 18.1. The number of benzene rings is 3. The third kappa shape index (κ3) is 5.15. The number of carbonyl (C=O) groups is 2. The highest BCUT2D eigenvalue weighted by molar-refractivity contribution is 7.92. The van der Waals surface area contributed by atoms with Crippen molar-refractivity contribution >= 4 is 33.2 Å². The zero-order chi connectivity index (χ0) is 22.6. The summed E-state index contributed by atoms with van der Waals surface area (Å²) in [4.78, 5) is 26.6. The maximum atomic E-state index is 12.8. The van der Waals surface area contributed by atoms with Crippen molar-refractivity contribution in [3.05, 3.63) is 90.0 Å². The molecule has 0 radical (unpaired) electrons. The molecule has 0 aromatic heterocycles. The molecule has 7 nitrogen and oxygen atoms in total. The van der Waals surface area contributed by atoms with Gasteiger partial charge in [0.05, 0.1) is 4.90 Å². The monoisotopic (exact) mass is 449 g/mol. The van der Waals surface area contributed by atoms with E-state index in [1.807, 2.05) is 23.1 Å². The lowest BCUT2D eigenvalue weighted by Gasteiger charge is -2.16. The number of amides is 2. The van der Waals surface area contributed by atoms with Crippen LogP contribution in [0.15, 0.2) is 83.8 Å². The van der Waals surface area contributed by atoms with Gasteiger partial charge in [-0.15, -0.1) is 0 Å². The predicted molar refractivity (Wildman–Crippen MR) is 123 cm³/mol. The van der Waals surface area contributed by atoms with Gasteiger partial charge in [0.25, 0.3) is 15.9 Å². The van der Waals surface area contributed by atoms with E-state index in [9.17, 15) is 18.0 Å². The highest BCUT2D eigenvalue weighted by Crippen LogP contribution is 2.20. The first-order valence-electron chi connectivity index (χ1n) is 10.3. The fraction of sp³-hybridized carbons (Fsp3) is 0.167. The molecule has 1 fully saturated rings. The first-order valence-corrected chi connectivity index (χ1v) is 11.7. The minimum Gasteiger partial charge on any atom is -0.338 e.